The Morgan fingerprint density at radius 1 is 1.24 bits per heavy atom. The number of hydrogen-bond donors (Lipinski definition) is 1. The molecule has 4 aliphatic carbocycles. The predicted molar refractivity (Wildman–Crippen MR) is 64.3 cm³/mol. The third-order valence-corrected chi connectivity index (χ3v) is 7.18. The van der Waals surface area contributed by atoms with Crippen LogP contribution >= 0.6 is 0 Å². The summed E-state index contributed by atoms with van der Waals surface area (Å²) in [7, 11) is 0. The van der Waals surface area contributed by atoms with E-state index in [0.29, 0.717) is 5.92 Å². The topological polar surface area (TPSA) is 37.3 Å². The average Bonchev–Trinajstić information content (AvgIpc) is 2.96. The maximum Gasteiger partial charge on any atom is 0.309 e. The van der Waals surface area contributed by atoms with Gasteiger partial charge in [0.05, 0.1) is 5.41 Å². The second-order valence-electron chi connectivity index (χ2n) is 7.45. The third-order valence-electron chi connectivity index (χ3n) is 7.18. The lowest BCUT2D eigenvalue weighted by Crippen LogP contribution is -2.42. The van der Waals surface area contributed by atoms with Crippen LogP contribution in [-0.4, -0.2) is 11.1 Å². The smallest absolute Gasteiger partial charge is 0.309 e. The second-order valence-corrected chi connectivity index (χ2v) is 7.45. The molecule has 0 radical (unpaired) electrons. The first kappa shape index (κ1) is 10.4. The first-order chi connectivity index (χ1) is 8.04. The number of carboxylic acid groups (broad SMARTS) is 1. The average molecular weight is 234 g/mol. The maximum absolute atomic E-state index is 11.6. The molecule has 0 aliphatic heterocycles. The van der Waals surface area contributed by atoms with Gasteiger partial charge in [0.2, 0.25) is 0 Å². The van der Waals surface area contributed by atoms with Gasteiger partial charge in [-0.3, -0.25) is 4.79 Å². The normalized spacial score (nSPS) is 63.1. The largest absolute Gasteiger partial charge is 0.481 e. The number of carbonyl (C=O) groups is 1. The lowest BCUT2D eigenvalue weighted by molar-refractivity contribution is -0.154. The van der Waals surface area contributed by atoms with Crippen molar-refractivity contribution in [3.63, 3.8) is 0 Å². The van der Waals surface area contributed by atoms with Gasteiger partial charge in [0.15, 0.2) is 0 Å². The summed E-state index contributed by atoms with van der Waals surface area (Å²) in [6.45, 7) is 4.45. The summed E-state index contributed by atoms with van der Waals surface area (Å²) in [6, 6.07) is 0. The highest BCUT2D eigenvalue weighted by atomic mass is 16.4. The van der Waals surface area contributed by atoms with Crippen molar-refractivity contribution in [2.24, 2.45) is 46.8 Å². The Morgan fingerprint density at radius 3 is 2.53 bits per heavy atom. The summed E-state index contributed by atoms with van der Waals surface area (Å²) < 4.78 is 0. The standard InChI is InChI=1S/C15H22O2/c1-7-9-3-4-10(7)13-11-5-8(12(9)13)6-15(11,2)14(16)17/h7-13H,3-6H2,1-2H3,(H,16,17)/t7-,8?,9?,10?,11?,12?,13?,15?/m1/s1. The zero-order valence-electron chi connectivity index (χ0n) is 10.7. The first-order valence-electron chi connectivity index (χ1n) is 7.27. The van der Waals surface area contributed by atoms with Crippen LogP contribution in [0.5, 0.6) is 0 Å². The molecule has 4 saturated carbocycles. The number of fused-ring (bicyclic) bond motifs is 9. The van der Waals surface area contributed by atoms with Crippen LogP contribution in [-0.2, 0) is 4.79 Å². The number of carboxylic acids is 1. The van der Waals surface area contributed by atoms with Crippen molar-refractivity contribution in [2.45, 2.75) is 39.5 Å². The molecule has 0 aromatic heterocycles. The highest BCUT2D eigenvalue weighted by Gasteiger charge is 2.69. The van der Waals surface area contributed by atoms with Gasteiger partial charge in [-0.1, -0.05) is 6.92 Å². The van der Waals surface area contributed by atoms with Gasteiger partial charge in [-0.25, -0.2) is 0 Å². The zero-order chi connectivity index (χ0) is 11.9. The number of aliphatic carboxylic acids is 1. The highest BCUT2D eigenvalue weighted by molar-refractivity contribution is 5.75. The fourth-order valence-corrected chi connectivity index (χ4v) is 6.60. The van der Waals surface area contributed by atoms with E-state index in [1.54, 1.807) is 0 Å². The van der Waals surface area contributed by atoms with Crippen LogP contribution in [0.15, 0.2) is 0 Å². The Labute approximate surface area is 103 Å². The van der Waals surface area contributed by atoms with Gasteiger partial charge in [-0.2, -0.15) is 0 Å². The molecule has 0 aromatic carbocycles. The van der Waals surface area contributed by atoms with Crippen molar-refractivity contribution in [2.75, 3.05) is 0 Å². The summed E-state index contributed by atoms with van der Waals surface area (Å²) in [6.07, 6.45) is 4.99. The number of hydrogen-bond acceptors (Lipinski definition) is 1. The Balaban J connectivity index is 1.74. The van der Waals surface area contributed by atoms with Crippen LogP contribution < -0.4 is 0 Å². The van der Waals surface area contributed by atoms with Gasteiger partial charge in [-0.05, 0) is 74.0 Å². The fraction of sp³-hybridized carbons (Fsp3) is 0.933. The van der Waals surface area contributed by atoms with E-state index >= 15 is 0 Å². The van der Waals surface area contributed by atoms with E-state index in [2.05, 4.69) is 6.92 Å². The van der Waals surface area contributed by atoms with E-state index in [1.165, 1.54) is 19.3 Å². The number of rotatable bonds is 1. The molecule has 4 fully saturated rings. The molecule has 0 saturated heterocycles. The molecule has 2 nitrogen and oxygen atoms in total. The van der Waals surface area contributed by atoms with Crippen molar-refractivity contribution >= 4 is 5.97 Å². The predicted octanol–water partition coefficient (Wildman–Crippen LogP) is 3.03. The Morgan fingerprint density at radius 2 is 1.88 bits per heavy atom. The first-order valence-corrected chi connectivity index (χ1v) is 7.27. The van der Waals surface area contributed by atoms with Gasteiger partial charge in [-0.15, -0.1) is 0 Å². The monoisotopic (exact) mass is 234 g/mol. The molecule has 17 heavy (non-hydrogen) atoms. The van der Waals surface area contributed by atoms with Crippen molar-refractivity contribution in [1.82, 2.24) is 0 Å². The third kappa shape index (κ3) is 0.982. The minimum atomic E-state index is -0.529. The van der Waals surface area contributed by atoms with Gasteiger partial charge in [0.1, 0.15) is 0 Å². The molecule has 2 heteroatoms. The molecule has 0 spiro atoms. The van der Waals surface area contributed by atoms with Crippen LogP contribution in [0, 0.1) is 46.8 Å². The van der Waals surface area contributed by atoms with E-state index in [1.807, 2.05) is 6.92 Å². The second kappa shape index (κ2) is 2.89. The van der Waals surface area contributed by atoms with Crippen LogP contribution in [0.2, 0.25) is 0 Å². The summed E-state index contributed by atoms with van der Waals surface area (Å²) in [4.78, 5) is 11.6. The summed E-state index contributed by atoms with van der Waals surface area (Å²) >= 11 is 0. The van der Waals surface area contributed by atoms with Gasteiger partial charge >= 0.3 is 5.97 Å². The highest BCUT2D eigenvalue weighted by Crippen LogP contribution is 2.73. The molecular formula is C15H22O2. The molecule has 1 N–H and O–H groups in total. The minimum Gasteiger partial charge on any atom is -0.481 e. The van der Waals surface area contributed by atoms with E-state index in [9.17, 15) is 9.90 Å². The van der Waals surface area contributed by atoms with Crippen molar-refractivity contribution < 1.29 is 9.90 Å². The van der Waals surface area contributed by atoms with E-state index in [0.717, 1.165) is 41.9 Å². The molecule has 4 bridgehead atoms. The summed E-state index contributed by atoms with van der Waals surface area (Å²) in [5, 5.41) is 9.55. The van der Waals surface area contributed by atoms with E-state index < -0.39 is 11.4 Å². The molecule has 94 valence electrons. The molecule has 0 amide bonds. The Hall–Kier alpha value is -0.530. The van der Waals surface area contributed by atoms with Gasteiger partial charge in [0, 0.05) is 0 Å². The molecule has 8 atom stereocenters. The maximum atomic E-state index is 11.6. The lowest BCUT2D eigenvalue weighted by Gasteiger charge is -2.42. The zero-order valence-corrected chi connectivity index (χ0v) is 10.7. The van der Waals surface area contributed by atoms with E-state index in [-0.39, 0.29) is 0 Å². The molecule has 0 heterocycles. The van der Waals surface area contributed by atoms with Crippen molar-refractivity contribution in [3.8, 4) is 0 Å². The van der Waals surface area contributed by atoms with Crippen molar-refractivity contribution in [3.05, 3.63) is 0 Å². The molecular weight excluding hydrogens is 212 g/mol. The summed E-state index contributed by atoms with van der Waals surface area (Å²) in [5.41, 5.74) is -0.393. The van der Waals surface area contributed by atoms with Gasteiger partial charge in [0.25, 0.3) is 0 Å². The minimum absolute atomic E-state index is 0.393. The quantitative estimate of drug-likeness (QED) is 0.708. The molecule has 0 aromatic rings. The fourth-order valence-electron chi connectivity index (χ4n) is 6.60. The van der Waals surface area contributed by atoms with Crippen molar-refractivity contribution in [1.29, 1.82) is 0 Å². The van der Waals surface area contributed by atoms with E-state index in [4.69, 9.17) is 0 Å². The van der Waals surface area contributed by atoms with Crippen LogP contribution in [0.3, 0.4) is 0 Å². The Bertz CT molecular complexity index is 390. The SMILES string of the molecule is C[C@@H]1C2CCC1C1C2C2CC1C(C)(C(=O)O)C2. The lowest BCUT2D eigenvalue weighted by atomic mass is 9.61. The molecule has 7 unspecified atom stereocenters. The van der Waals surface area contributed by atoms with Gasteiger partial charge < -0.3 is 5.11 Å². The summed E-state index contributed by atoms with van der Waals surface area (Å²) in [5.74, 6) is 5.06. The van der Waals surface area contributed by atoms with Crippen LogP contribution in [0.4, 0.5) is 0 Å². The molecule has 4 rings (SSSR count). The van der Waals surface area contributed by atoms with Crippen LogP contribution in [0.25, 0.3) is 0 Å². The Kier molecular flexibility index (Phi) is 1.77. The van der Waals surface area contributed by atoms with Crippen LogP contribution in [0.1, 0.15) is 39.5 Å². The molecule has 4 aliphatic rings.